The van der Waals surface area contributed by atoms with Crippen molar-refractivity contribution in [1.29, 1.82) is 0 Å². The van der Waals surface area contributed by atoms with Gasteiger partial charge in [0.25, 0.3) is 0 Å². The molecule has 1 aromatic rings. The molecule has 1 unspecified atom stereocenters. The first-order valence-corrected chi connectivity index (χ1v) is 7.87. The minimum absolute atomic E-state index is 0.330. The van der Waals surface area contributed by atoms with Crippen LogP contribution in [0.1, 0.15) is 44.0 Å². The van der Waals surface area contributed by atoms with Gasteiger partial charge in [-0.05, 0) is 25.7 Å². The summed E-state index contributed by atoms with van der Waals surface area (Å²) < 4.78 is 5.33. The predicted molar refractivity (Wildman–Crippen MR) is 87.2 cm³/mol. The molecule has 0 aliphatic carbocycles. The maximum absolute atomic E-state index is 5.33. The summed E-state index contributed by atoms with van der Waals surface area (Å²) in [5.74, 6) is 3.86. The molecule has 1 N–H and O–H groups in total. The van der Waals surface area contributed by atoms with E-state index in [1.807, 2.05) is 7.05 Å². The summed E-state index contributed by atoms with van der Waals surface area (Å²) in [7, 11) is 3.71. The Labute approximate surface area is 128 Å². The lowest BCUT2D eigenvalue weighted by molar-refractivity contribution is 0.143. The molecule has 0 amide bonds. The molecule has 0 spiro atoms. The maximum Gasteiger partial charge on any atom is 0.137 e. The van der Waals surface area contributed by atoms with Crippen LogP contribution in [0.25, 0.3) is 0 Å². The third-order valence-electron chi connectivity index (χ3n) is 4.11. The first-order valence-electron chi connectivity index (χ1n) is 7.87. The van der Waals surface area contributed by atoms with Crippen LogP contribution < -0.4 is 10.2 Å². The third kappa shape index (κ3) is 3.64. The molecule has 1 atom stereocenters. The van der Waals surface area contributed by atoms with Gasteiger partial charge in [-0.3, -0.25) is 0 Å². The zero-order valence-corrected chi connectivity index (χ0v) is 13.9. The Morgan fingerprint density at radius 3 is 2.76 bits per heavy atom. The molecule has 1 aliphatic heterocycles. The van der Waals surface area contributed by atoms with E-state index in [2.05, 4.69) is 36.0 Å². The van der Waals surface area contributed by atoms with Crippen LogP contribution in [0, 0.1) is 12.8 Å². The number of ether oxygens (including phenoxy) is 1. The molecule has 1 aliphatic rings. The molecule has 5 nitrogen and oxygen atoms in total. The molecule has 1 saturated heterocycles. The SMILES string of the molecule is CNc1nc(C(C)C)nc(N2CCCC(COC)C2)c1C. The van der Waals surface area contributed by atoms with Crippen molar-refractivity contribution in [2.75, 3.05) is 44.1 Å². The molecule has 1 fully saturated rings. The van der Waals surface area contributed by atoms with Crippen LogP contribution in [0.4, 0.5) is 11.6 Å². The minimum Gasteiger partial charge on any atom is -0.384 e. The molecule has 0 aromatic carbocycles. The Balaban J connectivity index is 2.30. The van der Waals surface area contributed by atoms with Gasteiger partial charge in [-0.25, -0.2) is 9.97 Å². The van der Waals surface area contributed by atoms with E-state index in [-0.39, 0.29) is 0 Å². The van der Waals surface area contributed by atoms with Crippen LogP contribution in [-0.4, -0.2) is 43.8 Å². The van der Waals surface area contributed by atoms with Crippen molar-refractivity contribution in [2.45, 2.75) is 39.5 Å². The molecule has 2 rings (SSSR count). The van der Waals surface area contributed by atoms with E-state index in [0.717, 1.165) is 42.7 Å². The van der Waals surface area contributed by atoms with Crippen LogP contribution in [0.3, 0.4) is 0 Å². The number of aromatic nitrogens is 2. The number of piperidine rings is 1. The summed E-state index contributed by atoms with van der Waals surface area (Å²) in [6.07, 6.45) is 2.44. The van der Waals surface area contributed by atoms with Crippen molar-refractivity contribution in [1.82, 2.24) is 9.97 Å². The molecule has 118 valence electrons. The number of rotatable bonds is 5. The molecule has 0 saturated carbocycles. The zero-order chi connectivity index (χ0) is 15.4. The average molecular weight is 292 g/mol. The smallest absolute Gasteiger partial charge is 0.137 e. The van der Waals surface area contributed by atoms with Crippen LogP contribution in [0.5, 0.6) is 0 Å². The lowest BCUT2D eigenvalue weighted by atomic mass is 9.98. The molecule has 0 bridgehead atoms. The van der Waals surface area contributed by atoms with Crippen LogP contribution in [0.15, 0.2) is 0 Å². The number of hydrogen-bond donors (Lipinski definition) is 1. The number of nitrogens with one attached hydrogen (secondary N) is 1. The molecular weight excluding hydrogens is 264 g/mol. The molecule has 1 aromatic heterocycles. The number of nitrogens with zero attached hydrogens (tertiary/aromatic N) is 3. The van der Waals surface area contributed by atoms with Crippen LogP contribution >= 0.6 is 0 Å². The Kier molecular flexibility index (Phi) is 5.39. The van der Waals surface area contributed by atoms with Crippen molar-refractivity contribution in [3.05, 3.63) is 11.4 Å². The lowest BCUT2D eigenvalue weighted by Crippen LogP contribution is -2.38. The Hall–Kier alpha value is -1.36. The first kappa shape index (κ1) is 16.0. The van der Waals surface area contributed by atoms with Crippen molar-refractivity contribution < 1.29 is 4.74 Å². The third-order valence-corrected chi connectivity index (χ3v) is 4.11. The summed E-state index contributed by atoms with van der Waals surface area (Å²) >= 11 is 0. The van der Waals surface area contributed by atoms with Crippen molar-refractivity contribution in [3.63, 3.8) is 0 Å². The normalized spacial score (nSPS) is 19.1. The van der Waals surface area contributed by atoms with Crippen molar-refractivity contribution in [3.8, 4) is 0 Å². The summed E-state index contributed by atoms with van der Waals surface area (Å²) in [4.78, 5) is 11.9. The first-order chi connectivity index (χ1) is 10.1. The van der Waals surface area contributed by atoms with Gasteiger partial charge in [-0.1, -0.05) is 13.8 Å². The highest BCUT2D eigenvalue weighted by Gasteiger charge is 2.24. The van der Waals surface area contributed by atoms with Gasteiger partial charge in [0.15, 0.2) is 0 Å². The molecular formula is C16H28N4O. The molecule has 21 heavy (non-hydrogen) atoms. The summed E-state index contributed by atoms with van der Waals surface area (Å²) in [5.41, 5.74) is 1.14. The Morgan fingerprint density at radius 2 is 2.14 bits per heavy atom. The van der Waals surface area contributed by atoms with Crippen LogP contribution in [0.2, 0.25) is 0 Å². The Morgan fingerprint density at radius 1 is 1.38 bits per heavy atom. The van der Waals surface area contributed by atoms with Gasteiger partial charge >= 0.3 is 0 Å². The highest BCUT2D eigenvalue weighted by molar-refractivity contribution is 5.58. The second-order valence-electron chi connectivity index (χ2n) is 6.19. The fraction of sp³-hybridized carbons (Fsp3) is 0.750. The standard InChI is InChI=1S/C16H28N4O/c1-11(2)14-18-15(17-4)12(3)16(19-14)20-8-6-7-13(9-20)10-21-5/h11,13H,6-10H2,1-5H3,(H,17,18,19). The van der Waals surface area contributed by atoms with Gasteiger partial charge in [0.1, 0.15) is 17.5 Å². The molecule has 2 heterocycles. The van der Waals surface area contributed by atoms with E-state index < -0.39 is 0 Å². The van der Waals surface area contributed by atoms with Crippen molar-refractivity contribution in [2.24, 2.45) is 5.92 Å². The van der Waals surface area contributed by atoms with E-state index in [0.29, 0.717) is 11.8 Å². The predicted octanol–water partition coefficient (Wildman–Crippen LogP) is 2.81. The van der Waals surface area contributed by atoms with Gasteiger partial charge in [-0.15, -0.1) is 0 Å². The molecule has 5 heteroatoms. The second kappa shape index (κ2) is 7.07. The average Bonchev–Trinajstić information content (AvgIpc) is 2.48. The van der Waals surface area contributed by atoms with Crippen LogP contribution in [-0.2, 0) is 4.74 Å². The highest BCUT2D eigenvalue weighted by Crippen LogP contribution is 2.29. The maximum atomic E-state index is 5.33. The zero-order valence-electron chi connectivity index (χ0n) is 13.9. The van der Waals surface area contributed by atoms with E-state index >= 15 is 0 Å². The van der Waals surface area contributed by atoms with E-state index in [1.165, 1.54) is 12.8 Å². The number of anilines is 2. The van der Waals surface area contributed by atoms with Gasteiger partial charge in [-0.2, -0.15) is 0 Å². The largest absolute Gasteiger partial charge is 0.384 e. The molecule has 0 radical (unpaired) electrons. The summed E-state index contributed by atoms with van der Waals surface area (Å²) in [6.45, 7) is 9.29. The number of methoxy groups -OCH3 is 1. The summed E-state index contributed by atoms with van der Waals surface area (Å²) in [6, 6.07) is 0. The fourth-order valence-electron chi connectivity index (χ4n) is 2.96. The summed E-state index contributed by atoms with van der Waals surface area (Å²) in [5, 5.41) is 3.20. The van der Waals surface area contributed by atoms with Gasteiger partial charge in [0.2, 0.25) is 0 Å². The topological polar surface area (TPSA) is 50.3 Å². The van der Waals surface area contributed by atoms with Gasteiger partial charge < -0.3 is 15.0 Å². The monoisotopic (exact) mass is 292 g/mol. The van der Waals surface area contributed by atoms with E-state index in [4.69, 9.17) is 9.72 Å². The fourth-order valence-corrected chi connectivity index (χ4v) is 2.96. The quantitative estimate of drug-likeness (QED) is 0.904. The van der Waals surface area contributed by atoms with E-state index in [1.54, 1.807) is 7.11 Å². The second-order valence-corrected chi connectivity index (χ2v) is 6.19. The Bertz CT molecular complexity index is 474. The number of hydrogen-bond acceptors (Lipinski definition) is 5. The van der Waals surface area contributed by atoms with Crippen molar-refractivity contribution >= 4 is 11.6 Å². The van der Waals surface area contributed by atoms with Gasteiger partial charge in [0.05, 0.1) is 6.61 Å². The minimum atomic E-state index is 0.330. The lowest BCUT2D eigenvalue weighted by Gasteiger charge is -2.34. The van der Waals surface area contributed by atoms with Gasteiger partial charge in [0, 0.05) is 38.7 Å². The van der Waals surface area contributed by atoms with E-state index in [9.17, 15) is 0 Å². The highest BCUT2D eigenvalue weighted by atomic mass is 16.5.